The molecule has 6 heteroatoms. The van der Waals surface area contributed by atoms with Gasteiger partial charge in [0, 0.05) is 13.7 Å². The van der Waals surface area contributed by atoms with E-state index in [2.05, 4.69) is 0 Å². The molecule has 0 aromatic carbocycles. The van der Waals surface area contributed by atoms with Crippen molar-refractivity contribution in [1.29, 1.82) is 0 Å². The second kappa shape index (κ2) is 7.20. The van der Waals surface area contributed by atoms with Crippen LogP contribution >= 0.6 is 0 Å². The van der Waals surface area contributed by atoms with Crippen LogP contribution in [0.5, 0.6) is 0 Å². The SMILES string of the molecule is CCCOC[C@@H](C(=O)O)N(C)C(=O)OC(C)(C)C. The van der Waals surface area contributed by atoms with Crippen LogP contribution in [0.15, 0.2) is 0 Å². The van der Waals surface area contributed by atoms with Crippen molar-refractivity contribution in [3.05, 3.63) is 0 Å². The van der Waals surface area contributed by atoms with Gasteiger partial charge in [-0.15, -0.1) is 0 Å². The van der Waals surface area contributed by atoms with Gasteiger partial charge in [-0.05, 0) is 27.2 Å². The van der Waals surface area contributed by atoms with Gasteiger partial charge in [-0.1, -0.05) is 6.92 Å². The average Bonchev–Trinajstić information content (AvgIpc) is 2.20. The van der Waals surface area contributed by atoms with Crippen LogP contribution in [0, 0.1) is 0 Å². The Morgan fingerprint density at radius 2 is 1.89 bits per heavy atom. The van der Waals surface area contributed by atoms with Crippen molar-refractivity contribution in [2.24, 2.45) is 0 Å². The molecular weight excluding hydrogens is 238 g/mol. The Bertz CT molecular complexity index is 285. The highest BCUT2D eigenvalue weighted by Gasteiger charge is 2.30. The summed E-state index contributed by atoms with van der Waals surface area (Å²) < 4.78 is 10.3. The van der Waals surface area contributed by atoms with Gasteiger partial charge >= 0.3 is 12.1 Å². The fourth-order valence-corrected chi connectivity index (χ4v) is 1.15. The molecule has 0 spiro atoms. The van der Waals surface area contributed by atoms with Gasteiger partial charge in [-0.2, -0.15) is 0 Å². The fraction of sp³-hybridized carbons (Fsp3) is 0.833. The number of hydrogen-bond acceptors (Lipinski definition) is 4. The Labute approximate surface area is 108 Å². The first-order valence-electron chi connectivity index (χ1n) is 5.95. The maximum Gasteiger partial charge on any atom is 0.410 e. The lowest BCUT2D eigenvalue weighted by molar-refractivity contribution is -0.145. The molecule has 0 fully saturated rings. The highest BCUT2D eigenvalue weighted by Crippen LogP contribution is 2.11. The molecule has 18 heavy (non-hydrogen) atoms. The smallest absolute Gasteiger partial charge is 0.410 e. The Hall–Kier alpha value is -1.30. The van der Waals surface area contributed by atoms with E-state index >= 15 is 0 Å². The zero-order valence-electron chi connectivity index (χ0n) is 11.7. The van der Waals surface area contributed by atoms with Crippen LogP contribution in [-0.4, -0.2) is 54.0 Å². The van der Waals surface area contributed by atoms with E-state index in [4.69, 9.17) is 14.6 Å². The number of ether oxygens (including phenoxy) is 2. The summed E-state index contributed by atoms with van der Waals surface area (Å²) in [7, 11) is 1.39. The number of hydrogen-bond donors (Lipinski definition) is 1. The summed E-state index contributed by atoms with van der Waals surface area (Å²) in [5, 5.41) is 9.06. The van der Waals surface area contributed by atoms with Gasteiger partial charge in [0.2, 0.25) is 0 Å². The van der Waals surface area contributed by atoms with Crippen LogP contribution in [0.2, 0.25) is 0 Å². The van der Waals surface area contributed by atoms with E-state index in [0.29, 0.717) is 6.61 Å². The minimum Gasteiger partial charge on any atom is -0.480 e. The molecule has 0 bridgehead atoms. The maximum atomic E-state index is 11.7. The molecule has 106 valence electrons. The molecule has 0 aromatic rings. The first-order chi connectivity index (χ1) is 8.19. The molecule has 0 heterocycles. The number of rotatable bonds is 6. The van der Waals surface area contributed by atoms with Crippen molar-refractivity contribution in [2.45, 2.75) is 45.8 Å². The lowest BCUT2D eigenvalue weighted by Crippen LogP contribution is -2.47. The number of carboxylic acid groups (broad SMARTS) is 1. The number of amides is 1. The molecule has 0 aliphatic carbocycles. The molecule has 1 amide bonds. The van der Waals surface area contributed by atoms with Gasteiger partial charge in [0.05, 0.1) is 6.61 Å². The highest BCUT2D eigenvalue weighted by molar-refractivity contribution is 5.80. The van der Waals surface area contributed by atoms with E-state index < -0.39 is 23.7 Å². The Morgan fingerprint density at radius 3 is 2.28 bits per heavy atom. The normalized spacial score (nSPS) is 12.9. The molecule has 0 aliphatic heterocycles. The Kier molecular flexibility index (Phi) is 6.68. The number of nitrogens with zero attached hydrogens (tertiary/aromatic N) is 1. The largest absolute Gasteiger partial charge is 0.480 e. The summed E-state index contributed by atoms with van der Waals surface area (Å²) in [5.41, 5.74) is -0.654. The molecule has 6 nitrogen and oxygen atoms in total. The van der Waals surface area contributed by atoms with Gasteiger partial charge in [-0.3, -0.25) is 4.90 Å². The second-order valence-corrected chi connectivity index (χ2v) is 5.02. The minimum absolute atomic E-state index is 0.0427. The monoisotopic (exact) mass is 261 g/mol. The zero-order chi connectivity index (χ0) is 14.3. The first kappa shape index (κ1) is 16.7. The molecule has 1 N–H and O–H groups in total. The van der Waals surface area contributed by atoms with Crippen LogP contribution < -0.4 is 0 Å². The van der Waals surface area contributed by atoms with Crippen molar-refractivity contribution in [3.63, 3.8) is 0 Å². The van der Waals surface area contributed by atoms with Crippen LogP contribution in [0.3, 0.4) is 0 Å². The van der Waals surface area contributed by atoms with E-state index in [1.807, 2.05) is 6.92 Å². The summed E-state index contributed by atoms with van der Waals surface area (Å²) in [6.07, 6.45) is 0.123. The molecule has 0 unspecified atom stereocenters. The van der Waals surface area contributed by atoms with Gasteiger partial charge in [0.25, 0.3) is 0 Å². The van der Waals surface area contributed by atoms with E-state index in [0.717, 1.165) is 11.3 Å². The fourth-order valence-electron chi connectivity index (χ4n) is 1.15. The molecule has 0 rings (SSSR count). The van der Waals surface area contributed by atoms with Crippen molar-refractivity contribution >= 4 is 12.1 Å². The third kappa shape index (κ3) is 6.44. The maximum absolute atomic E-state index is 11.7. The van der Waals surface area contributed by atoms with E-state index in [1.54, 1.807) is 20.8 Å². The molecule has 0 radical (unpaired) electrons. The van der Waals surface area contributed by atoms with Gasteiger partial charge in [0.15, 0.2) is 6.04 Å². The summed E-state index contributed by atoms with van der Waals surface area (Å²) in [6, 6.07) is -1.04. The number of carboxylic acids is 1. The Balaban J connectivity index is 4.51. The topological polar surface area (TPSA) is 76.1 Å². The third-order valence-corrected chi connectivity index (χ3v) is 2.06. The number of carbonyl (C=O) groups excluding carboxylic acids is 1. The summed E-state index contributed by atoms with van der Waals surface area (Å²) in [4.78, 5) is 23.8. The van der Waals surface area contributed by atoms with Crippen LogP contribution in [0.1, 0.15) is 34.1 Å². The van der Waals surface area contributed by atoms with Gasteiger partial charge < -0.3 is 14.6 Å². The predicted octanol–water partition coefficient (Wildman–Crippen LogP) is 1.73. The number of aliphatic carboxylic acids is 1. The zero-order valence-corrected chi connectivity index (χ0v) is 11.7. The summed E-state index contributed by atoms with van der Waals surface area (Å²) in [5.74, 6) is -1.11. The molecule has 0 saturated heterocycles. The third-order valence-electron chi connectivity index (χ3n) is 2.06. The van der Waals surface area contributed by atoms with E-state index in [9.17, 15) is 9.59 Å². The van der Waals surface area contributed by atoms with Crippen molar-refractivity contribution in [1.82, 2.24) is 4.90 Å². The lowest BCUT2D eigenvalue weighted by Gasteiger charge is -2.28. The van der Waals surface area contributed by atoms with E-state index in [1.165, 1.54) is 7.05 Å². The number of likely N-dealkylation sites (N-methyl/N-ethyl adjacent to an activating group) is 1. The van der Waals surface area contributed by atoms with Crippen molar-refractivity contribution in [3.8, 4) is 0 Å². The van der Waals surface area contributed by atoms with Crippen molar-refractivity contribution < 1.29 is 24.2 Å². The molecule has 0 aliphatic rings. The standard InChI is InChI=1S/C12H23NO5/c1-6-7-17-8-9(10(14)15)13(5)11(16)18-12(2,3)4/h9H,6-8H2,1-5H3,(H,14,15)/t9-/m0/s1. The molecular formula is C12H23NO5. The van der Waals surface area contributed by atoms with Crippen LogP contribution in [0.25, 0.3) is 0 Å². The van der Waals surface area contributed by atoms with Crippen LogP contribution in [0.4, 0.5) is 4.79 Å². The van der Waals surface area contributed by atoms with Crippen LogP contribution in [-0.2, 0) is 14.3 Å². The minimum atomic E-state index is -1.11. The number of carbonyl (C=O) groups is 2. The van der Waals surface area contributed by atoms with Crippen molar-refractivity contribution in [2.75, 3.05) is 20.3 Å². The molecule has 0 saturated carbocycles. The first-order valence-corrected chi connectivity index (χ1v) is 5.95. The Morgan fingerprint density at radius 1 is 1.33 bits per heavy atom. The lowest BCUT2D eigenvalue weighted by atomic mass is 10.2. The molecule has 0 aromatic heterocycles. The second-order valence-electron chi connectivity index (χ2n) is 5.02. The molecule has 1 atom stereocenters. The summed E-state index contributed by atoms with van der Waals surface area (Å²) in [6.45, 7) is 7.52. The van der Waals surface area contributed by atoms with Gasteiger partial charge in [-0.25, -0.2) is 9.59 Å². The average molecular weight is 261 g/mol. The highest BCUT2D eigenvalue weighted by atomic mass is 16.6. The quantitative estimate of drug-likeness (QED) is 0.737. The van der Waals surface area contributed by atoms with Gasteiger partial charge in [0.1, 0.15) is 5.60 Å². The van der Waals surface area contributed by atoms with E-state index in [-0.39, 0.29) is 6.61 Å². The predicted molar refractivity (Wildman–Crippen MR) is 66.5 cm³/mol. The summed E-state index contributed by atoms with van der Waals surface area (Å²) >= 11 is 0.